The van der Waals surface area contributed by atoms with Crippen LogP contribution in [0.3, 0.4) is 0 Å². The Labute approximate surface area is 209 Å². The van der Waals surface area contributed by atoms with E-state index >= 15 is 0 Å². The molecule has 0 saturated heterocycles. The van der Waals surface area contributed by atoms with Crippen molar-refractivity contribution in [2.24, 2.45) is 0 Å². The van der Waals surface area contributed by atoms with E-state index in [2.05, 4.69) is 0 Å². The third kappa shape index (κ3) is 6.16. The predicted octanol–water partition coefficient (Wildman–Crippen LogP) is 2.02. The highest BCUT2D eigenvalue weighted by Crippen LogP contribution is 2.33. The lowest BCUT2D eigenvalue weighted by Gasteiger charge is -2.26. The van der Waals surface area contributed by atoms with Crippen molar-refractivity contribution in [1.82, 2.24) is 4.90 Å². The van der Waals surface area contributed by atoms with Gasteiger partial charge in [0.2, 0.25) is 5.91 Å². The molecule has 3 rings (SSSR count). The first-order chi connectivity index (χ1) is 16.6. The highest BCUT2D eigenvalue weighted by molar-refractivity contribution is 7.86. The van der Waals surface area contributed by atoms with Gasteiger partial charge >= 0.3 is 0 Å². The lowest BCUT2D eigenvalue weighted by molar-refractivity contribution is -0.118. The summed E-state index contributed by atoms with van der Waals surface area (Å²) in [6.45, 7) is 2.41. The summed E-state index contributed by atoms with van der Waals surface area (Å²) in [6.07, 6.45) is -0.188. The van der Waals surface area contributed by atoms with Crippen LogP contribution in [0.1, 0.15) is 57.9 Å². The number of likely N-dealkylation sites (N-methyl/N-ethyl adjacent to an activating group) is 1. The third-order valence-corrected chi connectivity index (χ3v) is 6.78. The molecule has 13 heteroatoms. The minimum atomic E-state index is -3.89. The van der Waals surface area contributed by atoms with Crippen molar-refractivity contribution >= 4 is 43.6 Å². The zero-order chi connectivity index (χ0) is 27.0. The molecule has 1 heterocycles. The summed E-state index contributed by atoms with van der Waals surface area (Å²) in [5.74, 6) is -1.80. The molecule has 36 heavy (non-hydrogen) atoms. The van der Waals surface area contributed by atoms with Crippen LogP contribution < -0.4 is 4.90 Å². The maximum absolute atomic E-state index is 13.1. The Balaban J connectivity index is 1.93. The predicted molar refractivity (Wildman–Crippen MR) is 130 cm³/mol. The van der Waals surface area contributed by atoms with Gasteiger partial charge in [0, 0.05) is 18.3 Å². The van der Waals surface area contributed by atoms with E-state index in [9.17, 15) is 31.2 Å². The first kappa shape index (κ1) is 27.5. The molecule has 0 bridgehead atoms. The van der Waals surface area contributed by atoms with Gasteiger partial charge in [-0.15, -0.1) is 0 Å². The highest BCUT2D eigenvalue weighted by Gasteiger charge is 2.37. The average molecular weight is 539 g/mol. The fourth-order valence-electron chi connectivity index (χ4n) is 3.85. The molecule has 2 unspecified atom stereocenters. The number of hydrogen-bond acceptors (Lipinski definition) is 9. The van der Waals surface area contributed by atoms with Crippen LogP contribution in [-0.2, 0) is 33.4 Å². The first-order valence-corrected chi connectivity index (χ1v) is 14.3. The van der Waals surface area contributed by atoms with Crippen LogP contribution in [0.15, 0.2) is 42.5 Å². The maximum Gasteiger partial charge on any atom is 0.264 e. The van der Waals surface area contributed by atoms with Gasteiger partial charge in [0.15, 0.2) is 0 Å². The van der Waals surface area contributed by atoms with Gasteiger partial charge in [-0.3, -0.25) is 27.6 Å². The van der Waals surface area contributed by atoms with Gasteiger partial charge in [-0.25, -0.2) is 0 Å². The van der Waals surface area contributed by atoms with Crippen molar-refractivity contribution < 1.29 is 39.6 Å². The number of nitrogens with zero attached hydrogens (tertiary/aromatic N) is 2. The van der Waals surface area contributed by atoms with Crippen LogP contribution in [-0.4, -0.2) is 65.6 Å². The van der Waals surface area contributed by atoms with Gasteiger partial charge < -0.3 is 4.90 Å². The first-order valence-electron chi connectivity index (χ1n) is 10.7. The fourth-order valence-corrected chi connectivity index (χ4v) is 5.11. The number of carbonyl (C=O) groups is 3. The van der Waals surface area contributed by atoms with Crippen LogP contribution >= 0.6 is 0 Å². The van der Waals surface area contributed by atoms with Crippen molar-refractivity contribution in [3.05, 3.63) is 64.7 Å². The van der Waals surface area contributed by atoms with E-state index in [-0.39, 0.29) is 22.4 Å². The molecule has 0 radical (unpaired) electrons. The Kier molecular flexibility index (Phi) is 7.69. The maximum atomic E-state index is 13.1. The van der Waals surface area contributed by atoms with Crippen molar-refractivity contribution in [2.45, 2.75) is 26.1 Å². The summed E-state index contributed by atoms with van der Waals surface area (Å²) in [5.41, 5.74) is 1.29. The van der Waals surface area contributed by atoms with Crippen LogP contribution in [0.5, 0.6) is 0 Å². The third-order valence-electron chi connectivity index (χ3n) is 5.50. The molecule has 0 spiro atoms. The summed E-state index contributed by atoms with van der Waals surface area (Å²) in [6, 6.07) is 10.7. The molecule has 0 fully saturated rings. The largest absolute Gasteiger partial charge is 0.314 e. The van der Waals surface area contributed by atoms with E-state index in [1.54, 1.807) is 12.1 Å². The number of rotatable bonds is 9. The van der Waals surface area contributed by atoms with E-state index in [4.69, 9.17) is 8.37 Å². The SMILES string of the molecule is CC(OS(C)(=O)=O)c1ccc(N(C)C(=O)CN2C(=O)c3ccccc3C2=O)c(C(C)OS(C)(=O)=O)c1. The molecule has 2 aromatic carbocycles. The molecule has 1 aliphatic rings. The second-order valence-corrected chi connectivity index (χ2v) is 11.6. The fraction of sp³-hybridized carbons (Fsp3) is 0.348. The molecular weight excluding hydrogens is 512 g/mol. The summed E-state index contributed by atoms with van der Waals surface area (Å²) < 4.78 is 56.7. The number of hydrogen-bond donors (Lipinski definition) is 0. The lowest BCUT2D eigenvalue weighted by Crippen LogP contribution is -2.41. The lowest BCUT2D eigenvalue weighted by atomic mass is 10.0. The molecule has 2 atom stereocenters. The number of carbonyl (C=O) groups excluding carboxylic acids is 3. The van der Waals surface area contributed by atoms with E-state index in [1.807, 2.05) is 0 Å². The second kappa shape index (κ2) is 10.1. The minimum Gasteiger partial charge on any atom is -0.314 e. The van der Waals surface area contributed by atoms with Gasteiger partial charge in [0.05, 0.1) is 29.7 Å². The van der Waals surface area contributed by atoms with Crippen molar-refractivity contribution in [3.63, 3.8) is 0 Å². The smallest absolute Gasteiger partial charge is 0.264 e. The number of benzene rings is 2. The van der Waals surface area contributed by atoms with E-state index in [1.165, 1.54) is 56.1 Å². The van der Waals surface area contributed by atoms with E-state index < -0.39 is 56.7 Å². The average Bonchev–Trinajstić information content (AvgIpc) is 3.01. The quantitative estimate of drug-likeness (QED) is 0.346. The van der Waals surface area contributed by atoms with Gasteiger partial charge in [-0.05, 0) is 43.7 Å². The number of imide groups is 1. The Bertz CT molecular complexity index is 1400. The van der Waals surface area contributed by atoms with E-state index in [0.29, 0.717) is 5.56 Å². The molecule has 0 aliphatic carbocycles. The zero-order valence-corrected chi connectivity index (χ0v) is 21.9. The van der Waals surface area contributed by atoms with Crippen molar-refractivity contribution in [2.75, 3.05) is 31.0 Å². The topological polar surface area (TPSA) is 144 Å². The Morgan fingerprint density at radius 1 is 0.889 bits per heavy atom. The van der Waals surface area contributed by atoms with Gasteiger partial charge in [-0.1, -0.05) is 18.2 Å². The number of anilines is 1. The Morgan fingerprint density at radius 2 is 1.39 bits per heavy atom. The van der Waals surface area contributed by atoms with Crippen molar-refractivity contribution in [3.8, 4) is 0 Å². The standard InChI is InChI=1S/C23H26N2O9S2/c1-14(33-35(4,29)30)16-10-11-20(19(12-16)15(2)34-36(5,31)32)24(3)21(26)13-25-22(27)17-8-6-7-9-18(17)23(25)28/h6-12,14-15H,13H2,1-5H3. The monoisotopic (exact) mass is 538 g/mol. The number of fused-ring (bicyclic) bond motifs is 1. The normalized spacial score (nSPS) is 15.5. The van der Waals surface area contributed by atoms with Crippen LogP contribution in [0.25, 0.3) is 0 Å². The Hall–Kier alpha value is -3.13. The van der Waals surface area contributed by atoms with E-state index in [0.717, 1.165) is 17.4 Å². The second-order valence-electron chi connectivity index (χ2n) is 8.40. The summed E-state index contributed by atoms with van der Waals surface area (Å²) >= 11 is 0. The molecule has 1 aliphatic heterocycles. The molecule has 2 aromatic rings. The van der Waals surface area contributed by atoms with Gasteiger partial charge in [0.1, 0.15) is 12.6 Å². The molecule has 11 nitrogen and oxygen atoms in total. The summed E-state index contributed by atoms with van der Waals surface area (Å²) in [5, 5.41) is 0. The minimum absolute atomic E-state index is 0.207. The molecule has 194 valence electrons. The number of amides is 3. The molecular formula is C23H26N2O9S2. The molecule has 0 N–H and O–H groups in total. The summed E-state index contributed by atoms with van der Waals surface area (Å²) in [4.78, 5) is 40.4. The van der Waals surface area contributed by atoms with Gasteiger partial charge in [-0.2, -0.15) is 16.8 Å². The van der Waals surface area contributed by atoms with Crippen LogP contribution in [0.4, 0.5) is 5.69 Å². The van der Waals surface area contributed by atoms with Gasteiger partial charge in [0.25, 0.3) is 32.1 Å². The molecule has 0 saturated carbocycles. The summed E-state index contributed by atoms with van der Waals surface area (Å²) in [7, 11) is -6.26. The van der Waals surface area contributed by atoms with Crippen LogP contribution in [0, 0.1) is 0 Å². The molecule has 3 amide bonds. The van der Waals surface area contributed by atoms with Crippen LogP contribution in [0.2, 0.25) is 0 Å². The van der Waals surface area contributed by atoms with Crippen molar-refractivity contribution in [1.29, 1.82) is 0 Å². The molecule has 0 aromatic heterocycles. The zero-order valence-electron chi connectivity index (χ0n) is 20.3. The Morgan fingerprint density at radius 3 is 1.89 bits per heavy atom. The highest BCUT2D eigenvalue weighted by atomic mass is 32.2.